The first kappa shape index (κ1) is 40.2. The smallest absolute Gasteiger partial charge is 0.0465 e. The minimum absolute atomic E-state index is 0.0530. The molecule has 62 heavy (non-hydrogen) atoms. The van der Waals surface area contributed by atoms with Gasteiger partial charge in [-0.1, -0.05) is 150 Å². The maximum absolute atomic E-state index is 2.51. The molecule has 0 saturated heterocycles. The van der Waals surface area contributed by atoms with E-state index in [9.17, 15) is 0 Å². The van der Waals surface area contributed by atoms with Crippen molar-refractivity contribution >= 4 is 34.1 Å². The van der Waals surface area contributed by atoms with E-state index in [4.69, 9.17) is 0 Å². The van der Waals surface area contributed by atoms with Gasteiger partial charge >= 0.3 is 0 Å². The third kappa shape index (κ3) is 7.36. The summed E-state index contributed by atoms with van der Waals surface area (Å²) < 4.78 is 0. The fourth-order valence-corrected chi connectivity index (χ4v) is 11.6. The van der Waals surface area contributed by atoms with Crippen LogP contribution in [0.1, 0.15) is 119 Å². The standard InChI is InChI=1S/C60H62N2/c1-43(2)44-38-40-60(41-39-44,47-26-32-52(33-27-47)61(49-18-10-6-11-19-49)50-20-12-7-13-21-50)48-28-34-53(35-29-48)62(51-30-24-46(25-31-51)45-16-8-5-9-17-45)54-36-37-56-55-22-14-15-23-57(55)59(3,4)58(56)42-54/h6-7,10-15,18-37,42-45H,5,8-9,16-17,38-41H2,1-4H3. The number of nitrogens with zero attached hydrogens (tertiary/aromatic N) is 2. The zero-order valence-electron chi connectivity index (χ0n) is 37.2. The van der Waals surface area contributed by atoms with Crippen LogP contribution in [-0.4, -0.2) is 0 Å². The van der Waals surface area contributed by atoms with E-state index in [0.29, 0.717) is 11.8 Å². The molecule has 2 saturated carbocycles. The van der Waals surface area contributed by atoms with E-state index < -0.39 is 0 Å². The molecule has 10 rings (SSSR count). The normalized spacial score (nSPS) is 19.5. The first-order valence-corrected chi connectivity index (χ1v) is 23.6. The molecule has 0 unspecified atom stereocenters. The van der Waals surface area contributed by atoms with Gasteiger partial charge in [0.1, 0.15) is 0 Å². The highest BCUT2D eigenvalue weighted by Gasteiger charge is 2.40. The van der Waals surface area contributed by atoms with Crippen LogP contribution in [-0.2, 0) is 10.8 Å². The van der Waals surface area contributed by atoms with E-state index >= 15 is 0 Å². The second-order valence-corrected chi connectivity index (χ2v) is 19.4. The van der Waals surface area contributed by atoms with Crippen molar-refractivity contribution in [3.05, 3.63) is 204 Å². The summed E-state index contributed by atoms with van der Waals surface area (Å²) in [7, 11) is 0. The van der Waals surface area contributed by atoms with Gasteiger partial charge in [-0.15, -0.1) is 0 Å². The fraction of sp³-hybridized carbons (Fsp3) is 0.300. The molecule has 312 valence electrons. The Morgan fingerprint density at radius 2 is 0.887 bits per heavy atom. The van der Waals surface area contributed by atoms with E-state index in [2.05, 4.69) is 213 Å². The van der Waals surface area contributed by atoms with Crippen LogP contribution in [0.15, 0.2) is 176 Å². The number of benzene rings is 7. The van der Waals surface area contributed by atoms with Crippen molar-refractivity contribution in [3.63, 3.8) is 0 Å². The molecule has 3 aliphatic rings. The van der Waals surface area contributed by atoms with Crippen LogP contribution < -0.4 is 9.80 Å². The van der Waals surface area contributed by atoms with Gasteiger partial charge in [-0.25, -0.2) is 0 Å². The quantitative estimate of drug-likeness (QED) is 0.136. The first-order chi connectivity index (χ1) is 30.3. The summed E-state index contributed by atoms with van der Waals surface area (Å²) in [6, 6.07) is 66.6. The fourth-order valence-electron chi connectivity index (χ4n) is 11.6. The molecule has 0 amide bonds. The molecular weight excluding hydrogens is 749 g/mol. The Hall–Kier alpha value is -5.86. The monoisotopic (exact) mass is 810 g/mol. The van der Waals surface area contributed by atoms with Gasteiger partial charge in [-0.2, -0.15) is 0 Å². The molecule has 2 nitrogen and oxygen atoms in total. The molecule has 0 atom stereocenters. The average molecular weight is 811 g/mol. The van der Waals surface area contributed by atoms with Crippen molar-refractivity contribution in [1.29, 1.82) is 0 Å². The Kier molecular flexibility index (Phi) is 10.9. The molecule has 7 aromatic carbocycles. The summed E-state index contributed by atoms with van der Waals surface area (Å²) in [5, 5.41) is 0. The van der Waals surface area contributed by atoms with Gasteiger partial charge in [0.25, 0.3) is 0 Å². The summed E-state index contributed by atoms with van der Waals surface area (Å²) in [6.45, 7) is 9.61. The largest absolute Gasteiger partial charge is 0.311 e. The van der Waals surface area contributed by atoms with Crippen LogP contribution in [0.4, 0.5) is 34.1 Å². The predicted octanol–water partition coefficient (Wildman–Crippen LogP) is 17.1. The number of rotatable bonds is 10. The van der Waals surface area contributed by atoms with Crippen molar-refractivity contribution in [1.82, 2.24) is 0 Å². The summed E-state index contributed by atoms with van der Waals surface area (Å²) in [5.74, 6) is 2.14. The van der Waals surface area contributed by atoms with Crippen LogP contribution in [0, 0.1) is 11.8 Å². The average Bonchev–Trinajstić information content (AvgIpc) is 3.56. The van der Waals surface area contributed by atoms with Gasteiger partial charge in [0.2, 0.25) is 0 Å². The SMILES string of the molecule is CC(C)C1CCC(c2ccc(N(c3ccccc3)c3ccccc3)cc2)(c2ccc(N(c3ccc(C4CCCCC4)cc3)c3ccc4c(c3)C(C)(C)c3ccccc3-4)cc2)CC1. The molecule has 3 aliphatic carbocycles. The van der Waals surface area contributed by atoms with Crippen molar-refractivity contribution < 1.29 is 0 Å². The molecular formula is C60H62N2. The maximum atomic E-state index is 2.51. The number of para-hydroxylation sites is 2. The van der Waals surface area contributed by atoms with Gasteiger partial charge < -0.3 is 9.80 Å². The highest BCUT2D eigenvalue weighted by atomic mass is 15.1. The van der Waals surface area contributed by atoms with Crippen molar-refractivity contribution in [3.8, 4) is 11.1 Å². The third-order valence-corrected chi connectivity index (χ3v) is 15.3. The molecule has 7 aromatic rings. The third-order valence-electron chi connectivity index (χ3n) is 15.3. The first-order valence-electron chi connectivity index (χ1n) is 23.6. The van der Waals surface area contributed by atoms with Crippen LogP contribution in [0.2, 0.25) is 0 Å². The number of fused-ring (bicyclic) bond motifs is 3. The van der Waals surface area contributed by atoms with Gasteiger partial charge in [0, 0.05) is 45.0 Å². The molecule has 0 N–H and O–H groups in total. The number of anilines is 6. The van der Waals surface area contributed by atoms with Gasteiger partial charge in [-0.3, -0.25) is 0 Å². The zero-order valence-corrected chi connectivity index (χ0v) is 37.2. The Balaban J connectivity index is 1.03. The lowest BCUT2D eigenvalue weighted by Crippen LogP contribution is -2.34. The molecule has 2 heteroatoms. The van der Waals surface area contributed by atoms with Crippen molar-refractivity contribution in [2.75, 3.05) is 9.80 Å². The van der Waals surface area contributed by atoms with E-state index in [-0.39, 0.29) is 10.8 Å². The number of hydrogen-bond acceptors (Lipinski definition) is 2. The van der Waals surface area contributed by atoms with E-state index in [0.717, 1.165) is 18.8 Å². The molecule has 0 spiro atoms. The lowest BCUT2D eigenvalue weighted by molar-refractivity contribution is 0.217. The summed E-state index contributed by atoms with van der Waals surface area (Å²) in [5.41, 5.74) is 16.9. The summed E-state index contributed by atoms with van der Waals surface area (Å²) >= 11 is 0. The molecule has 0 heterocycles. The lowest BCUT2D eigenvalue weighted by atomic mass is 9.61. The Bertz CT molecular complexity index is 2550. The van der Waals surface area contributed by atoms with Crippen LogP contribution in [0.25, 0.3) is 11.1 Å². The Morgan fingerprint density at radius 3 is 1.44 bits per heavy atom. The van der Waals surface area contributed by atoms with Gasteiger partial charge in [-0.05, 0) is 168 Å². The topological polar surface area (TPSA) is 6.48 Å². The zero-order chi connectivity index (χ0) is 42.3. The lowest BCUT2D eigenvalue weighted by Gasteiger charge is -2.43. The Morgan fingerprint density at radius 1 is 0.435 bits per heavy atom. The Labute approximate surface area is 371 Å². The molecule has 0 bridgehead atoms. The second-order valence-electron chi connectivity index (χ2n) is 19.4. The summed E-state index contributed by atoms with van der Waals surface area (Å²) in [6.07, 6.45) is 11.5. The second kappa shape index (κ2) is 16.8. The van der Waals surface area contributed by atoms with Gasteiger partial charge in [0.15, 0.2) is 0 Å². The van der Waals surface area contributed by atoms with Crippen LogP contribution in [0.5, 0.6) is 0 Å². The molecule has 0 radical (unpaired) electrons. The maximum Gasteiger partial charge on any atom is 0.0465 e. The molecule has 2 fully saturated rings. The van der Waals surface area contributed by atoms with Crippen LogP contribution >= 0.6 is 0 Å². The van der Waals surface area contributed by atoms with E-state index in [1.165, 1.54) is 118 Å². The minimum Gasteiger partial charge on any atom is -0.311 e. The van der Waals surface area contributed by atoms with Crippen molar-refractivity contribution in [2.24, 2.45) is 11.8 Å². The minimum atomic E-state index is -0.0711. The van der Waals surface area contributed by atoms with Crippen molar-refractivity contribution in [2.45, 2.75) is 102 Å². The van der Waals surface area contributed by atoms with Gasteiger partial charge in [0.05, 0.1) is 0 Å². The van der Waals surface area contributed by atoms with E-state index in [1.54, 1.807) is 0 Å². The predicted molar refractivity (Wildman–Crippen MR) is 263 cm³/mol. The number of hydrogen-bond donors (Lipinski definition) is 0. The molecule has 0 aliphatic heterocycles. The summed E-state index contributed by atoms with van der Waals surface area (Å²) in [4.78, 5) is 4.88. The van der Waals surface area contributed by atoms with E-state index in [1.807, 2.05) is 0 Å². The van der Waals surface area contributed by atoms with Crippen LogP contribution in [0.3, 0.4) is 0 Å². The molecule has 0 aromatic heterocycles. The highest BCUT2D eigenvalue weighted by molar-refractivity contribution is 5.85. The highest BCUT2D eigenvalue weighted by Crippen LogP contribution is 2.52.